The normalized spacial score (nSPS) is 11.8. The Morgan fingerprint density at radius 3 is 1.59 bits per heavy atom. The Morgan fingerprint density at radius 2 is 1.21 bits per heavy atom. The molecule has 2 N–H and O–H groups in total. The lowest BCUT2D eigenvalue weighted by Crippen LogP contribution is -2.20. The van der Waals surface area contributed by atoms with E-state index in [2.05, 4.69) is 31.0 Å². The van der Waals surface area contributed by atoms with E-state index in [1.54, 1.807) is 26.2 Å². The standard InChI is InChI=1S/C21H26N6O2/c1-16(18-10-6-8-14-22-18)24-26-20(28)12-4-3-5-13-21(29)27-25-17(2)19-11-7-9-15-23-19/h6-11,14-15H,3-5,12-13H2,1-2H3,(H,26,28)(H,27,29)/b24-16+,25-17+. The molecule has 0 unspecified atom stereocenters. The average Bonchev–Trinajstić information content (AvgIpc) is 2.76. The number of amides is 2. The summed E-state index contributed by atoms with van der Waals surface area (Å²) in [4.78, 5) is 32.0. The van der Waals surface area contributed by atoms with Crippen LogP contribution in [0.3, 0.4) is 0 Å². The van der Waals surface area contributed by atoms with Crippen molar-refractivity contribution in [2.24, 2.45) is 10.2 Å². The summed E-state index contributed by atoms with van der Waals surface area (Å²) in [6, 6.07) is 11.0. The molecule has 0 aliphatic carbocycles. The van der Waals surface area contributed by atoms with E-state index in [0.717, 1.165) is 17.8 Å². The van der Waals surface area contributed by atoms with Crippen molar-refractivity contribution in [3.63, 3.8) is 0 Å². The Bertz CT molecular complexity index is 778. The van der Waals surface area contributed by atoms with Crippen molar-refractivity contribution in [3.05, 3.63) is 60.2 Å². The molecule has 8 nitrogen and oxygen atoms in total. The number of nitrogens with zero attached hydrogens (tertiary/aromatic N) is 4. The van der Waals surface area contributed by atoms with E-state index in [9.17, 15) is 9.59 Å². The number of hydrazone groups is 2. The van der Waals surface area contributed by atoms with Crippen molar-refractivity contribution < 1.29 is 9.59 Å². The molecule has 0 aromatic carbocycles. The average molecular weight is 394 g/mol. The van der Waals surface area contributed by atoms with Gasteiger partial charge in [0.25, 0.3) is 0 Å². The summed E-state index contributed by atoms with van der Waals surface area (Å²) in [6.45, 7) is 3.58. The van der Waals surface area contributed by atoms with Gasteiger partial charge in [0.15, 0.2) is 0 Å². The first kappa shape index (κ1) is 21.9. The van der Waals surface area contributed by atoms with Crippen molar-refractivity contribution in [2.45, 2.75) is 46.0 Å². The molecule has 0 saturated heterocycles. The third kappa shape index (κ3) is 8.42. The summed E-state index contributed by atoms with van der Waals surface area (Å²) >= 11 is 0. The minimum Gasteiger partial charge on any atom is -0.273 e. The SMILES string of the molecule is C/C(=N\NC(=O)CCCCCC(=O)N/N=C(\C)c1ccccn1)c1ccccn1. The van der Waals surface area contributed by atoms with Crippen LogP contribution in [0, 0.1) is 0 Å². The van der Waals surface area contributed by atoms with Gasteiger partial charge in [0.1, 0.15) is 0 Å². The highest BCUT2D eigenvalue weighted by atomic mass is 16.2. The maximum absolute atomic E-state index is 11.8. The Morgan fingerprint density at radius 1 is 0.759 bits per heavy atom. The minimum absolute atomic E-state index is 0.152. The van der Waals surface area contributed by atoms with Crippen molar-refractivity contribution in [1.29, 1.82) is 0 Å². The molecule has 2 rings (SSSR count). The number of carbonyl (C=O) groups is 2. The number of nitrogens with one attached hydrogen (secondary N) is 2. The van der Waals surface area contributed by atoms with E-state index in [1.807, 2.05) is 36.4 Å². The monoisotopic (exact) mass is 394 g/mol. The van der Waals surface area contributed by atoms with Crippen LogP contribution in [0.1, 0.15) is 57.3 Å². The quantitative estimate of drug-likeness (QED) is 0.367. The summed E-state index contributed by atoms with van der Waals surface area (Å²) in [5.74, 6) is -0.305. The number of rotatable bonds is 10. The molecule has 2 aromatic heterocycles. The number of hydrogen-bond donors (Lipinski definition) is 2. The summed E-state index contributed by atoms with van der Waals surface area (Å²) in [7, 11) is 0. The van der Waals surface area contributed by atoms with E-state index in [4.69, 9.17) is 0 Å². The highest BCUT2D eigenvalue weighted by Crippen LogP contribution is 2.04. The molecule has 0 aliphatic heterocycles. The maximum Gasteiger partial charge on any atom is 0.240 e. The predicted molar refractivity (Wildman–Crippen MR) is 112 cm³/mol. The number of aromatic nitrogens is 2. The van der Waals surface area contributed by atoms with Crippen LogP contribution in [-0.2, 0) is 9.59 Å². The van der Waals surface area contributed by atoms with Crippen LogP contribution in [0.2, 0.25) is 0 Å². The molecular formula is C21H26N6O2. The van der Waals surface area contributed by atoms with E-state index in [0.29, 0.717) is 37.1 Å². The number of unbranched alkanes of at least 4 members (excludes halogenated alkanes) is 2. The Balaban J connectivity index is 1.59. The molecule has 0 bridgehead atoms. The van der Waals surface area contributed by atoms with Crippen LogP contribution in [0.25, 0.3) is 0 Å². The van der Waals surface area contributed by atoms with E-state index in [1.165, 1.54) is 0 Å². The van der Waals surface area contributed by atoms with Gasteiger partial charge in [-0.25, -0.2) is 10.9 Å². The fourth-order valence-corrected chi connectivity index (χ4v) is 2.42. The van der Waals surface area contributed by atoms with Gasteiger partial charge in [-0.3, -0.25) is 19.6 Å². The summed E-state index contributed by atoms with van der Waals surface area (Å²) in [5.41, 5.74) is 7.81. The van der Waals surface area contributed by atoms with E-state index < -0.39 is 0 Å². The van der Waals surface area contributed by atoms with E-state index in [-0.39, 0.29) is 11.8 Å². The number of hydrogen-bond acceptors (Lipinski definition) is 6. The number of pyridine rings is 2. The van der Waals surface area contributed by atoms with Gasteiger partial charge < -0.3 is 0 Å². The molecule has 0 aliphatic rings. The van der Waals surface area contributed by atoms with Gasteiger partial charge in [-0.05, 0) is 51.0 Å². The van der Waals surface area contributed by atoms with E-state index >= 15 is 0 Å². The van der Waals surface area contributed by atoms with Crippen LogP contribution in [-0.4, -0.2) is 33.2 Å². The zero-order valence-corrected chi connectivity index (χ0v) is 16.8. The van der Waals surface area contributed by atoms with Gasteiger partial charge in [-0.1, -0.05) is 18.6 Å². The third-order valence-corrected chi connectivity index (χ3v) is 4.08. The minimum atomic E-state index is -0.152. The maximum atomic E-state index is 11.8. The molecule has 0 saturated carbocycles. The highest BCUT2D eigenvalue weighted by Gasteiger charge is 2.04. The molecule has 29 heavy (non-hydrogen) atoms. The van der Waals surface area contributed by atoms with Gasteiger partial charge in [-0.2, -0.15) is 10.2 Å². The fraction of sp³-hybridized carbons (Fsp3) is 0.333. The smallest absolute Gasteiger partial charge is 0.240 e. The van der Waals surface area contributed by atoms with Crippen molar-refractivity contribution in [3.8, 4) is 0 Å². The molecule has 0 fully saturated rings. The fourth-order valence-electron chi connectivity index (χ4n) is 2.42. The van der Waals surface area contributed by atoms with Crippen LogP contribution in [0.5, 0.6) is 0 Å². The molecule has 2 aromatic rings. The summed E-state index contributed by atoms with van der Waals surface area (Å²) < 4.78 is 0. The summed E-state index contributed by atoms with van der Waals surface area (Å²) in [5, 5.41) is 8.12. The van der Waals surface area contributed by atoms with Crippen LogP contribution in [0.15, 0.2) is 59.0 Å². The van der Waals surface area contributed by atoms with Crippen molar-refractivity contribution >= 4 is 23.2 Å². The summed E-state index contributed by atoms with van der Waals surface area (Å²) in [6.07, 6.45) is 6.22. The van der Waals surface area contributed by atoms with Gasteiger partial charge >= 0.3 is 0 Å². The molecule has 0 spiro atoms. The molecule has 0 atom stereocenters. The lowest BCUT2D eigenvalue weighted by Gasteiger charge is -2.04. The largest absolute Gasteiger partial charge is 0.273 e. The molecule has 2 amide bonds. The second kappa shape index (κ2) is 12.1. The predicted octanol–water partition coefficient (Wildman–Crippen LogP) is 2.81. The molecule has 0 radical (unpaired) electrons. The first-order valence-corrected chi connectivity index (χ1v) is 9.55. The third-order valence-electron chi connectivity index (χ3n) is 4.08. The molecule has 2 heterocycles. The zero-order valence-electron chi connectivity index (χ0n) is 16.8. The number of carbonyl (C=O) groups excluding carboxylic acids is 2. The topological polar surface area (TPSA) is 109 Å². The Labute approximate surface area is 170 Å². The Kier molecular flexibility index (Phi) is 9.14. The van der Waals surface area contributed by atoms with Gasteiger partial charge in [0.2, 0.25) is 11.8 Å². The van der Waals surface area contributed by atoms with Crippen LogP contribution >= 0.6 is 0 Å². The zero-order chi connectivity index (χ0) is 20.9. The molecule has 8 heteroatoms. The van der Waals surface area contributed by atoms with Gasteiger partial charge in [0, 0.05) is 25.2 Å². The van der Waals surface area contributed by atoms with Crippen molar-refractivity contribution in [2.75, 3.05) is 0 Å². The van der Waals surface area contributed by atoms with Gasteiger partial charge in [0.05, 0.1) is 22.8 Å². The lowest BCUT2D eigenvalue weighted by atomic mass is 10.1. The van der Waals surface area contributed by atoms with Gasteiger partial charge in [-0.15, -0.1) is 0 Å². The van der Waals surface area contributed by atoms with Crippen molar-refractivity contribution in [1.82, 2.24) is 20.8 Å². The first-order chi connectivity index (χ1) is 14.1. The Hall–Kier alpha value is -3.42. The lowest BCUT2D eigenvalue weighted by molar-refractivity contribution is -0.121. The second-order valence-corrected chi connectivity index (χ2v) is 6.46. The first-order valence-electron chi connectivity index (χ1n) is 9.55. The molecule has 152 valence electrons. The van der Waals surface area contributed by atoms with Crippen LogP contribution < -0.4 is 10.9 Å². The second-order valence-electron chi connectivity index (χ2n) is 6.46. The highest BCUT2D eigenvalue weighted by molar-refractivity contribution is 5.98. The van der Waals surface area contributed by atoms with Crippen LogP contribution in [0.4, 0.5) is 0 Å². The molecular weight excluding hydrogens is 368 g/mol.